The molecule has 0 spiro atoms. The first-order valence-corrected chi connectivity index (χ1v) is 11.3. The van der Waals surface area contributed by atoms with Crippen LogP contribution in [0.3, 0.4) is 0 Å². The van der Waals surface area contributed by atoms with Gasteiger partial charge in [0.1, 0.15) is 11.2 Å². The van der Waals surface area contributed by atoms with Crippen LogP contribution in [0.2, 0.25) is 5.02 Å². The maximum Gasteiger partial charge on any atom is 0.323 e. The lowest BCUT2D eigenvalue weighted by Crippen LogP contribution is -2.42. The van der Waals surface area contributed by atoms with Gasteiger partial charge in [-0.15, -0.1) is 11.8 Å². The van der Waals surface area contributed by atoms with E-state index in [-0.39, 0.29) is 23.6 Å². The summed E-state index contributed by atoms with van der Waals surface area (Å²) in [5.74, 6) is -0.0821. The van der Waals surface area contributed by atoms with E-state index in [1.54, 1.807) is 36.4 Å². The normalized spacial score (nSPS) is 15.8. The number of anilines is 1. The predicted molar refractivity (Wildman–Crippen MR) is 124 cm³/mol. The van der Waals surface area contributed by atoms with E-state index in [4.69, 9.17) is 17.3 Å². The summed E-state index contributed by atoms with van der Waals surface area (Å²) in [6, 6.07) is 10.6. The SMILES string of the molecule is NC(=O)n1cc(NC(=O)N2CCS[C@H]2C(=O)CCc2cccc(Cl)c2F)c2ccccc21. The van der Waals surface area contributed by atoms with Gasteiger partial charge in [-0.3, -0.25) is 9.36 Å². The molecule has 0 unspecified atom stereocenters. The molecule has 1 fully saturated rings. The lowest BCUT2D eigenvalue weighted by atomic mass is 10.1. The first kappa shape index (κ1) is 22.2. The molecule has 1 aromatic heterocycles. The van der Waals surface area contributed by atoms with Crippen molar-refractivity contribution < 1.29 is 18.8 Å². The maximum atomic E-state index is 14.1. The van der Waals surface area contributed by atoms with Gasteiger partial charge in [-0.1, -0.05) is 41.9 Å². The zero-order valence-corrected chi connectivity index (χ0v) is 18.5. The number of thioether (sulfide) groups is 1. The molecule has 4 rings (SSSR count). The van der Waals surface area contributed by atoms with Gasteiger partial charge >= 0.3 is 12.1 Å². The molecule has 3 N–H and O–H groups in total. The fourth-order valence-electron chi connectivity index (χ4n) is 3.72. The average molecular weight is 475 g/mol. The third-order valence-electron chi connectivity index (χ3n) is 5.29. The summed E-state index contributed by atoms with van der Waals surface area (Å²) in [4.78, 5) is 39.0. The molecule has 1 aliphatic heterocycles. The van der Waals surface area contributed by atoms with Crippen LogP contribution in [-0.4, -0.2) is 45.0 Å². The second-order valence-corrected chi connectivity index (χ2v) is 8.89. The smallest absolute Gasteiger partial charge is 0.323 e. The van der Waals surface area contributed by atoms with Crippen molar-refractivity contribution in [3.05, 3.63) is 65.1 Å². The van der Waals surface area contributed by atoms with Crippen molar-refractivity contribution in [2.24, 2.45) is 5.73 Å². The van der Waals surface area contributed by atoms with Gasteiger partial charge in [0.15, 0.2) is 5.78 Å². The van der Waals surface area contributed by atoms with Gasteiger partial charge in [0.05, 0.1) is 16.2 Å². The number of hydrogen-bond acceptors (Lipinski definition) is 4. The number of urea groups is 1. The highest BCUT2D eigenvalue weighted by Gasteiger charge is 2.34. The van der Waals surface area contributed by atoms with Crippen molar-refractivity contribution in [3.8, 4) is 0 Å². The molecule has 0 aliphatic carbocycles. The van der Waals surface area contributed by atoms with E-state index >= 15 is 0 Å². The predicted octanol–water partition coefficient (Wildman–Crippen LogP) is 4.47. The molecule has 32 heavy (non-hydrogen) atoms. The molecule has 10 heteroatoms. The van der Waals surface area contributed by atoms with E-state index < -0.39 is 23.3 Å². The minimum atomic E-state index is -0.667. The van der Waals surface area contributed by atoms with Crippen LogP contribution in [0.5, 0.6) is 0 Å². The minimum Gasteiger partial charge on any atom is -0.351 e. The Morgan fingerprint density at radius 3 is 2.75 bits per heavy atom. The molecule has 0 radical (unpaired) electrons. The molecule has 7 nitrogen and oxygen atoms in total. The molecular formula is C22H20ClFN4O3S. The maximum absolute atomic E-state index is 14.1. The molecule has 1 atom stereocenters. The summed E-state index contributed by atoms with van der Waals surface area (Å²) in [6.07, 6.45) is 1.75. The molecule has 1 saturated heterocycles. The molecule has 166 valence electrons. The number of aryl methyl sites for hydroxylation is 1. The van der Waals surface area contributed by atoms with Crippen LogP contribution < -0.4 is 11.1 Å². The van der Waals surface area contributed by atoms with E-state index in [1.807, 2.05) is 0 Å². The highest BCUT2D eigenvalue weighted by molar-refractivity contribution is 8.00. The topological polar surface area (TPSA) is 97.4 Å². The number of nitrogens with one attached hydrogen (secondary N) is 1. The van der Waals surface area contributed by atoms with Gasteiger partial charge in [0.2, 0.25) is 0 Å². The van der Waals surface area contributed by atoms with E-state index in [0.29, 0.717) is 34.5 Å². The number of carbonyl (C=O) groups excluding carboxylic acids is 3. The van der Waals surface area contributed by atoms with Crippen LogP contribution in [0.4, 0.5) is 19.7 Å². The van der Waals surface area contributed by atoms with Crippen LogP contribution in [-0.2, 0) is 11.2 Å². The number of halogens is 2. The van der Waals surface area contributed by atoms with Crippen LogP contribution >= 0.6 is 23.4 Å². The van der Waals surface area contributed by atoms with Gasteiger partial charge < -0.3 is 16.0 Å². The lowest BCUT2D eigenvalue weighted by Gasteiger charge is -2.23. The Bertz CT molecular complexity index is 1220. The highest BCUT2D eigenvalue weighted by Crippen LogP contribution is 2.30. The van der Waals surface area contributed by atoms with Gasteiger partial charge in [0, 0.05) is 30.3 Å². The third kappa shape index (κ3) is 4.31. The van der Waals surface area contributed by atoms with Crippen LogP contribution in [0.1, 0.15) is 12.0 Å². The number of amides is 3. The minimum absolute atomic E-state index is 0.0151. The van der Waals surface area contributed by atoms with Crippen LogP contribution in [0.25, 0.3) is 10.9 Å². The Morgan fingerprint density at radius 2 is 1.97 bits per heavy atom. The Kier molecular flexibility index (Phi) is 6.38. The largest absolute Gasteiger partial charge is 0.351 e. The lowest BCUT2D eigenvalue weighted by molar-refractivity contribution is -0.120. The molecule has 3 aromatic rings. The van der Waals surface area contributed by atoms with Crippen LogP contribution in [0.15, 0.2) is 48.7 Å². The number of primary amides is 1. The van der Waals surface area contributed by atoms with Crippen molar-refractivity contribution in [1.82, 2.24) is 9.47 Å². The van der Waals surface area contributed by atoms with Crippen molar-refractivity contribution in [2.45, 2.75) is 18.2 Å². The number of hydrogen-bond donors (Lipinski definition) is 2. The Hall–Kier alpha value is -3.04. The molecule has 2 heterocycles. The fraction of sp³-hybridized carbons (Fsp3) is 0.227. The summed E-state index contributed by atoms with van der Waals surface area (Å²) in [5, 5.41) is 2.80. The number of fused-ring (bicyclic) bond motifs is 1. The van der Waals surface area contributed by atoms with E-state index in [9.17, 15) is 18.8 Å². The number of carbonyl (C=O) groups is 3. The molecule has 0 bridgehead atoms. The van der Waals surface area contributed by atoms with Crippen LogP contribution in [0, 0.1) is 5.82 Å². The van der Waals surface area contributed by atoms with Gasteiger partial charge in [-0.2, -0.15) is 0 Å². The van der Waals surface area contributed by atoms with Gasteiger partial charge in [-0.25, -0.2) is 14.0 Å². The Labute approximate surface area is 192 Å². The summed E-state index contributed by atoms with van der Waals surface area (Å²) in [6.45, 7) is 0.396. The number of nitrogens with two attached hydrogens (primary N) is 1. The fourth-order valence-corrected chi connectivity index (χ4v) is 5.12. The summed E-state index contributed by atoms with van der Waals surface area (Å²) >= 11 is 7.17. The second kappa shape index (κ2) is 9.22. The Balaban J connectivity index is 1.47. The molecular weight excluding hydrogens is 455 g/mol. The molecule has 3 amide bonds. The van der Waals surface area contributed by atoms with Crippen molar-refractivity contribution in [1.29, 1.82) is 0 Å². The zero-order valence-electron chi connectivity index (χ0n) is 16.9. The summed E-state index contributed by atoms with van der Waals surface area (Å²) in [7, 11) is 0. The number of benzene rings is 2. The zero-order chi connectivity index (χ0) is 22.8. The number of rotatable bonds is 5. The highest BCUT2D eigenvalue weighted by atomic mass is 35.5. The second-order valence-electron chi connectivity index (χ2n) is 7.29. The van der Waals surface area contributed by atoms with E-state index in [1.165, 1.54) is 33.5 Å². The molecule has 0 saturated carbocycles. The number of Topliss-reactive ketones (excluding diaryl/α,β-unsaturated/α-hetero) is 1. The van der Waals surface area contributed by atoms with E-state index in [0.717, 1.165) is 0 Å². The standard InChI is InChI=1S/C22H20ClFN4O3S/c23-15-6-3-4-13(19(15)24)8-9-18(29)20-27(10-11-32-20)22(31)26-16-12-28(21(25)30)17-7-2-1-5-14(16)17/h1-7,12,20H,8-11H2,(H2,25,30)(H,26,31)/t20-/m0/s1. The van der Waals surface area contributed by atoms with Gasteiger partial charge in [0.25, 0.3) is 0 Å². The van der Waals surface area contributed by atoms with E-state index in [2.05, 4.69) is 5.32 Å². The average Bonchev–Trinajstić information content (AvgIpc) is 3.40. The van der Waals surface area contributed by atoms with Crippen molar-refractivity contribution in [2.75, 3.05) is 17.6 Å². The third-order valence-corrected chi connectivity index (χ3v) is 6.83. The quantitative estimate of drug-likeness (QED) is 0.570. The molecule has 1 aliphatic rings. The van der Waals surface area contributed by atoms with Gasteiger partial charge in [-0.05, 0) is 24.1 Å². The first-order chi connectivity index (χ1) is 15.4. The number of ketones is 1. The van der Waals surface area contributed by atoms with Crippen molar-refractivity contribution >= 4 is 57.8 Å². The number of para-hydroxylation sites is 1. The summed E-state index contributed by atoms with van der Waals surface area (Å²) in [5.41, 5.74) is 6.79. The number of aromatic nitrogens is 1. The van der Waals surface area contributed by atoms with Crippen molar-refractivity contribution in [3.63, 3.8) is 0 Å². The summed E-state index contributed by atoms with van der Waals surface area (Å²) < 4.78 is 15.4. The molecule has 2 aromatic carbocycles. The monoisotopic (exact) mass is 474 g/mol. The first-order valence-electron chi connectivity index (χ1n) is 9.91. The number of nitrogens with zero attached hydrogens (tertiary/aromatic N) is 2. The Morgan fingerprint density at radius 1 is 1.19 bits per heavy atom.